The summed E-state index contributed by atoms with van der Waals surface area (Å²) in [6.45, 7) is 3.41. The Kier molecular flexibility index (Phi) is 12.2. The Morgan fingerprint density at radius 2 is 1.51 bits per heavy atom. The smallest absolute Gasteiger partial charge is 0.418 e. The summed E-state index contributed by atoms with van der Waals surface area (Å²) in [6, 6.07) is 19.4. The van der Waals surface area contributed by atoms with Gasteiger partial charge in [0.05, 0.1) is 36.0 Å². The first-order chi connectivity index (χ1) is 28.2. The SMILES string of the molecule is COc1ccc(CN(Cc2ccc(OC)cc2)c2ccc(C(F)(F)F)c(-c3cc4nc(OC[C@@H]5C[C@@H](F)[C@H](C)N5C)nc(N5CCN(C(=O)O)CC5)c4cc3Cl)n2)cc1. The van der Waals surface area contributed by atoms with Gasteiger partial charge in [0.1, 0.15) is 35.9 Å². The summed E-state index contributed by atoms with van der Waals surface area (Å²) in [4.78, 5) is 32.6. The van der Waals surface area contributed by atoms with Gasteiger partial charge in [0.2, 0.25) is 0 Å². The van der Waals surface area contributed by atoms with Crippen LogP contribution in [-0.2, 0) is 19.3 Å². The van der Waals surface area contributed by atoms with Gasteiger partial charge in [-0.2, -0.15) is 23.1 Å². The van der Waals surface area contributed by atoms with Crippen molar-refractivity contribution < 1.29 is 41.7 Å². The fourth-order valence-electron chi connectivity index (χ4n) is 7.46. The maximum absolute atomic E-state index is 14.9. The molecule has 2 fully saturated rings. The van der Waals surface area contributed by atoms with E-state index < -0.39 is 29.7 Å². The number of rotatable bonds is 12. The number of carboxylic acid groups (broad SMARTS) is 1. The van der Waals surface area contributed by atoms with Crippen LogP contribution in [0.5, 0.6) is 17.5 Å². The van der Waals surface area contributed by atoms with Gasteiger partial charge in [-0.15, -0.1) is 0 Å². The summed E-state index contributed by atoms with van der Waals surface area (Å²) in [6.07, 6.45) is -6.63. The van der Waals surface area contributed by atoms with Crippen LogP contribution in [0.1, 0.15) is 30.0 Å². The van der Waals surface area contributed by atoms with Gasteiger partial charge in [-0.3, -0.25) is 4.90 Å². The Balaban J connectivity index is 1.32. The van der Waals surface area contributed by atoms with E-state index in [9.17, 15) is 27.5 Å². The van der Waals surface area contributed by atoms with Crippen molar-refractivity contribution in [2.24, 2.45) is 0 Å². The van der Waals surface area contributed by atoms with E-state index in [0.29, 0.717) is 35.8 Å². The molecule has 0 radical (unpaired) electrons. The summed E-state index contributed by atoms with van der Waals surface area (Å²) < 4.78 is 76.0. The molecule has 3 aromatic carbocycles. The number of benzene rings is 3. The van der Waals surface area contributed by atoms with Gasteiger partial charge in [-0.25, -0.2) is 14.2 Å². The summed E-state index contributed by atoms with van der Waals surface area (Å²) in [5.74, 6) is 1.96. The minimum atomic E-state index is -4.80. The normalized spacial score (nSPS) is 18.6. The predicted octanol–water partition coefficient (Wildman–Crippen LogP) is 8.20. The Hall–Kier alpha value is -5.61. The van der Waals surface area contributed by atoms with Crippen LogP contribution >= 0.6 is 11.6 Å². The van der Waals surface area contributed by atoms with E-state index in [0.717, 1.165) is 17.2 Å². The molecular weight excluding hydrogens is 794 g/mol. The number of pyridine rings is 1. The number of hydrogen-bond donors (Lipinski definition) is 1. The van der Waals surface area contributed by atoms with Crippen LogP contribution in [0.15, 0.2) is 72.8 Å². The lowest BCUT2D eigenvalue weighted by Gasteiger charge is -2.34. The standard InChI is InChI=1S/C42H44ClF4N7O5/c1-25-35(44)19-28(51(25)2)24-59-40-48-36-21-31(34(43)20-32(36)39(50-40)52-15-17-53(18-16-52)41(55)56)38-33(42(45,46)47)13-14-37(49-38)54(22-26-5-9-29(57-3)10-6-26)23-27-7-11-30(58-4)12-8-27/h5-14,20-21,25,28,35H,15-19,22-24H2,1-4H3,(H,55,56)/t25-,28-,35+/m0/s1. The fourth-order valence-corrected chi connectivity index (χ4v) is 7.71. The zero-order valence-electron chi connectivity index (χ0n) is 32.9. The first-order valence-electron chi connectivity index (χ1n) is 19.0. The number of ether oxygens (including phenoxy) is 3. The van der Waals surface area contributed by atoms with Crippen molar-refractivity contribution >= 4 is 40.2 Å². The first-order valence-corrected chi connectivity index (χ1v) is 19.4. The van der Waals surface area contributed by atoms with Gasteiger partial charge < -0.3 is 34.0 Å². The maximum Gasteiger partial charge on any atom is 0.418 e. The zero-order valence-corrected chi connectivity index (χ0v) is 33.7. The molecule has 0 unspecified atom stereocenters. The summed E-state index contributed by atoms with van der Waals surface area (Å²) in [5, 5.41) is 9.96. The molecule has 17 heteroatoms. The van der Waals surface area contributed by atoms with Gasteiger partial charge in [-0.05, 0) is 80.1 Å². The molecule has 3 atom stereocenters. The third kappa shape index (κ3) is 9.18. The Labute approximate surface area is 343 Å². The van der Waals surface area contributed by atoms with Crippen molar-refractivity contribution in [3.8, 4) is 28.8 Å². The summed E-state index contributed by atoms with van der Waals surface area (Å²) in [5.41, 5.74) is 0.559. The monoisotopic (exact) mass is 837 g/mol. The molecule has 1 amide bonds. The number of likely N-dealkylation sites (N-methyl/N-ethyl adjacent to an activating group) is 1. The van der Waals surface area contributed by atoms with Crippen molar-refractivity contribution in [1.29, 1.82) is 0 Å². The van der Waals surface area contributed by atoms with E-state index >= 15 is 0 Å². The second-order valence-electron chi connectivity index (χ2n) is 14.7. The van der Waals surface area contributed by atoms with Crippen LogP contribution in [0.2, 0.25) is 5.02 Å². The van der Waals surface area contributed by atoms with E-state index in [2.05, 4.69) is 4.98 Å². The second kappa shape index (κ2) is 17.3. The summed E-state index contributed by atoms with van der Waals surface area (Å²) in [7, 11) is 4.95. The molecule has 0 aliphatic carbocycles. The van der Waals surface area contributed by atoms with E-state index in [1.165, 1.54) is 23.1 Å². The predicted molar refractivity (Wildman–Crippen MR) is 216 cm³/mol. The molecule has 2 aliphatic heterocycles. The molecule has 0 saturated carbocycles. The van der Waals surface area contributed by atoms with Gasteiger partial charge in [0.15, 0.2) is 0 Å². The number of halogens is 5. The maximum atomic E-state index is 14.9. The van der Waals surface area contributed by atoms with E-state index in [1.54, 1.807) is 21.1 Å². The number of methoxy groups -OCH3 is 2. The Morgan fingerprint density at radius 3 is 2.03 bits per heavy atom. The van der Waals surface area contributed by atoms with Crippen LogP contribution in [0, 0.1) is 0 Å². The molecule has 4 heterocycles. The van der Waals surface area contributed by atoms with Crippen LogP contribution in [0.4, 0.5) is 34.0 Å². The lowest BCUT2D eigenvalue weighted by molar-refractivity contribution is -0.137. The molecule has 2 aromatic heterocycles. The first kappa shape index (κ1) is 41.5. The molecule has 2 aliphatic rings. The van der Waals surface area contributed by atoms with Gasteiger partial charge in [0.25, 0.3) is 0 Å². The number of hydrogen-bond acceptors (Lipinski definition) is 10. The molecule has 5 aromatic rings. The van der Waals surface area contributed by atoms with Gasteiger partial charge >= 0.3 is 18.3 Å². The number of nitrogens with zero attached hydrogens (tertiary/aromatic N) is 7. The van der Waals surface area contributed by atoms with Crippen molar-refractivity contribution in [1.82, 2.24) is 24.8 Å². The molecule has 312 valence electrons. The number of aromatic nitrogens is 3. The fraction of sp³-hybridized carbons (Fsp3) is 0.381. The highest BCUT2D eigenvalue weighted by molar-refractivity contribution is 6.34. The molecule has 59 heavy (non-hydrogen) atoms. The number of fused-ring (bicyclic) bond motifs is 1. The lowest BCUT2D eigenvalue weighted by Crippen LogP contribution is -2.48. The highest BCUT2D eigenvalue weighted by Crippen LogP contribution is 2.42. The Bertz CT molecular complexity index is 2230. The second-order valence-corrected chi connectivity index (χ2v) is 15.1. The molecular formula is C42H44ClF4N7O5. The minimum Gasteiger partial charge on any atom is -0.497 e. The highest BCUT2D eigenvalue weighted by atomic mass is 35.5. The highest BCUT2D eigenvalue weighted by Gasteiger charge is 2.38. The van der Waals surface area contributed by atoms with Gasteiger partial charge in [0, 0.05) is 62.3 Å². The summed E-state index contributed by atoms with van der Waals surface area (Å²) >= 11 is 6.94. The molecule has 0 bridgehead atoms. The topological polar surface area (TPSA) is 117 Å². The molecule has 12 nitrogen and oxygen atoms in total. The number of piperazine rings is 1. The number of anilines is 2. The zero-order chi connectivity index (χ0) is 42.0. The van der Waals surface area contributed by atoms with Crippen LogP contribution in [-0.4, -0.2) is 108 Å². The Morgan fingerprint density at radius 1 is 0.898 bits per heavy atom. The van der Waals surface area contributed by atoms with Crippen LogP contribution < -0.4 is 24.0 Å². The van der Waals surface area contributed by atoms with Gasteiger partial charge in [-0.1, -0.05) is 35.9 Å². The average molecular weight is 838 g/mol. The molecule has 0 spiro atoms. The number of alkyl halides is 4. The third-order valence-corrected chi connectivity index (χ3v) is 11.4. The number of amides is 1. The average Bonchev–Trinajstić information content (AvgIpc) is 3.48. The largest absolute Gasteiger partial charge is 0.497 e. The van der Waals surface area contributed by atoms with E-state index in [4.69, 9.17) is 35.8 Å². The molecule has 2 saturated heterocycles. The molecule has 7 rings (SSSR count). The minimum absolute atomic E-state index is 0.0156. The van der Waals surface area contributed by atoms with E-state index in [-0.39, 0.29) is 79.2 Å². The quantitative estimate of drug-likeness (QED) is 0.123. The van der Waals surface area contributed by atoms with Crippen molar-refractivity contribution in [3.63, 3.8) is 0 Å². The number of carbonyl (C=O) groups is 1. The lowest BCUT2D eigenvalue weighted by atomic mass is 10.0. The number of likely N-dealkylation sites (tertiary alicyclic amines) is 1. The molecule has 1 N–H and O–H groups in total. The van der Waals surface area contributed by atoms with Crippen molar-refractivity contribution in [2.75, 3.05) is 63.9 Å². The van der Waals surface area contributed by atoms with E-state index in [1.807, 2.05) is 70.3 Å². The van der Waals surface area contributed by atoms with Crippen LogP contribution in [0.25, 0.3) is 22.2 Å². The van der Waals surface area contributed by atoms with Crippen molar-refractivity contribution in [2.45, 2.75) is 50.9 Å². The van der Waals surface area contributed by atoms with Crippen molar-refractivity contribution in [3.05, 3.63) is 94.5 Å². The third-order valence-electron chi connectivity index (χ3n) is 11.1. The van der Waals surface area contributed by atoms with Crippen LogP contribution in [0.3, 0.4) is 0 Å².